The molecule has 2 aromatic rings. The maximum atomic E-state index is 6.35. The average Bonchev–Trinajstić information content (AvgIpc) is 2.65. The number of nitrogens with zero attached hydrogens (tertiary/aromatic N) is 2. The van der Waals surface area contributed by atoms with Gasteiger partial charge in [0, 0.05) is 19.0 Å². The summed E-state index contributed by atoms with van der Waals surface area (Å²) in [5, 5.41) is 5.20. The van der Waals surface area contributed by atoms with Gasteiger partial charge in [0.2, 0.25) is 0 Å². The molecule has 0 aliphatic carbocycles. The van der Waals surface area contributed by atoms with Gasteiger partial charge >= 0.3 is 0 Å². The molecular weight excluding hydrogens is 282 g/mol. The first-order valence-electron chi connectivity index (χ1n) is 7.45. The molecule has 0 aliphatic rings. The zero-order valence-corrected chi connectivity index (χ0v) is 14.0. The Labute approximate surface area is 132 Å². The van der Waals surface area contributed by atoms with E-state index < -0.39 is 0 Å². The maximum Gasteiger partial charge on any atom is 0.0847 e. The van der Waals surface area contributed by atoms with Gasteiger partial charge in [-0.1, -0.05) is 40.9 Å². The van der Waals surface area contributed by atoms with Crippen molar-refractivity contribution >= 4 is 11.6 Å². The van der Waals surface area contributed by atoms with Gasteiger partial charge in [-0.2, -0.15) is 5.10 Å². The van der Waals surface area contributed by atoms with Crippen LogP contribution in [-0.2, 0) is 19.4 Å². The van der Waals surface area contributed by atoms with Crippen molar-refractivity contribution in [1.29, 1.82) is 0 Å². The van der Waals surface area contributed by atoms with E-state index in [0.717, 1.165) is 35.8 Å². The van der Waals surface area contributed by atoms with Gasteiger partial charge in [0.15, 0.2) is 0 Å². The Morgan fingerprint density at radius 3 is 2.33 bits per heavy atom. The van der Waals surface area contributed by atoms with Crippen molar-refractivity contribution in [3.63, 3.8) is 0 Å². The van der Waals surface area contributed by atoms with Crippen LogP contribution in [0, 0.1) is 20.8 Å². The van der Waals surface area contributed by atoms with Crippen LogP contribution in [0.15, 0.2) is 18.2 Å². The van der Waals surface area contributed by atoms with Crippen LogP contribution < -0.4 is 5.73 Å². The van der Waals surface area contributed by atoms with Crippen LogP contribution in [-0.4, -0.2) is 15.8 Å². The summed E-state index contributed by atoms with van der Waals surface area (Å²) in [6, 6.07) is 6.64. The third kappa shape index (κ3) is 3.86. The molecule has 3 nitrogen and oxygen atoms in total. The Morgan fingerprint density at radius 2 is 1.76 bits per heavy atom. The third-order valence-electron chi connectivity index (χ3n) is 3.69. The standard InChI is InChI=1S/C17H24ClN3/c1-5-21-16(17(18)13(4)20-21)10-15(19)9-14-7-11(2)6-12(3)8-14/h6-8,15H,5,9-10,19H2,1-4H3. The number of aromatic nitrogens is 2. The average molecular weight is 306 g/mol. The fourth-order valence-electron chi connectivity index (χ4n) is 2.87. The van der Waals surface area contributed by atoms with Gasteiger partial charge in [-0.25, -0.2) is 0 Å². The molecule has 0 saturated heterocycles. The van der Waals surface area contributed by atoms with Gasteiger partial charge in [0.1, 0.15) is 0 Å². The second-order valence-corrected chi connectivity index (χ2v) is 6.20. The predicted octanol–water partition coefficient (Wildman–Crippen LogP) is 3.59. The zero-order valence-electron chi connectivity index (χ0n) is 13.3. The first-order chi connectivity index (χ1) is 9.90. The van der Waals surface area contributed by atoms with Crippen molar-refractivity contribution in [3.05, 3.63) is 51.3 Å². The lowest BCUT2D eigenvalue weighted by Crippen LogP contribution is -2.27. The Morgan fingerprint density at radius 1 is 1.14 bits per heavy atom. The van der Waals surface area contributed by atoms with Crippen LogP contribution in [0.5, 0.6) is 0 Å². The number of rotatable bonds is 5. The highest BCUT2D eigenvalue weighted by molar-refractivity contribution is 6.31. The summed E-state index contributed by atoms with van der Waals surface area (Å²) in [5.74, 6) is 0. The lowest BCUT2D eigenvalue weighted by Gasteiger charge is -2.14. The van der Waals surface area contributed by atoms with Crippen LogP contribution in [0.4, 0.5) is 0 Å². The Balaban J connectivity index is 2.13. The van der Waals surface area contributed by atoms with Crippen molar-refractivity contribution in [1.82, 2.24) is 9.78 Å². The minimum Gasteiger partial charge on any atom is -0.327 e. The van der Waals surface area contributed by atoms with Gasteiger partial charge < -0.3 is 5.73 Å². The summed E-state index contributed by atoms with van der Waals surface area (Å²) in [5.41, 5.74) is 12.1. The summed E-state index contributed by atoms with van der Waals surface area (Å²) < 4.78 is 1.96. The lowest BCUT2D eigenvalue weighted by molar-refractivity contribution is 0.574. The second-order valence-electron chi connectivity index (χ2n) is 5.83. The predicted molar refractivity (Wildman–Crippen MR) is 88.9 cm³/mol. The van der Waals surface area contributed by atoms with Crippen molar-refractivity contribution in [3.8, 4) is 0 Å². The molecule has 2 N–H and O–H groups in total. The van der Waals surface area contributed by atoms with Gasteiger partial charge in [0.25, 0.3) is 0 Å². The van der Waals surface area contributed by atoms with Gasteiger partial charge in [-0.3, -0.25) is 4.68 Å². The number of halogens is 1. The van der Waals surface area contributed by atoms with Crippen LogP contribution in [0.3, 0.4) is 0 Å². The van der Waals surface area contributed by atoms with Crippen molar-refractivity contribution in [2.45, 2.75) is 53.1 Å². The summed E-state index contributed by atoms with van der Waals surface area (Å²) in [6.45, 7) is 9.07. The molecule has 1 aromatic carbocycles. The Hall–Kier alpha value is -1.32. The van der Waals surface area contributed by atoms with Crippen molar-refractivity contribution in [2.75, 3.05) is 0 Å². The molecule has 114 valence electrons. The minimum atomic E-state index is 0.0464. The van der Waals surface area contributed by atoms with Gasteiger partial charge in [-0.15, -0.1) is 0 Å². The van der Waals surface area contributed by atoms with E-state index in [-0.39, 0.29) is 6.04 Å². The fraction of sp³-hybridized carbons (Fsp3) is 0.471. The number of aryl methyl sites for hydroxylation is 4. The van der Waals surface area contributed by atoms with E-state index in [1.165, 1.54) is 16.7 Å². The van der Waals surface area contributed by atoms with E-state index in [2.05, 4.69) is 44.1 Å². The van der Waals surface area contributed by atoms with E-state index >= 15 is 0 Å². The molecule has 1 atom stereocenters. The molecule has 0 saturated carbocycles. The minimum absolute atomic E-state index is 0.0464. The van der Waals surface area contributed by atoms with E-state index in [0.29, 0.717) is 0 Å². The first-order valence-corrected chi connectivity index (χ1v) is 7.83. The number of hydrogen-bond acceptors (Lipinski definition) is 2. The number of hydrogen-bond donors (Lipinski definition) is 1. The quantitative estimate of drug-likeness (QED) is 0.917. The Bertz CT molecular complexity index is 611. The van der Waals surface area contributed by atoms with Crippen LogP contribution >= 0.6 is 11.6 Å². The topological polar surface area (TPSA) is 43.8 Å². The third-order valence-corrected chi connectivity index (χ3v) is 4.18. The second kappa shape index (κ2) is 6.63. The SMILES string of the molecule is CCn1nc(C)c(Cl)c1CC(N)Cc1cc(C)cc(C)c1. The van der Waals surface area contributed by atoms with E-state index in [1.54, 1.807) is 0 Å². The maximum absolute atomic E-state index is 6.35. The van der Waals surface area contributed by atoms with Crippen molar-refractivity contribution < 1.29 is 0 Å². The molecular formula is C17H24ClN3. The monoisotopic (exact) mass is 305 g/mol. The summed E-state index contributed by atoms with van der Waals surface area (Å²) in [7, 11) is 0. The molecule has 0 radical (unpaired) electrons. The largest absolute Gasteiger partial charge is 0.327 e. The number of benzene rings is 1. The summed E-state index contributed by atoms with van der Waals surface area (Å²) in [4.78, 5) is 0. The molecule has 1 heterocycles. The first kappa shape index (κ1) is 16.1. The zero-order chi connectivity index (χ0) is 15.6. The van der Waals surface area contributed by atoms with Crippen molar-refractivity contribution in [2.24, 2.45) is 5.73 Å². The Kier molecular flexibility index (Phi) is 5.07. The smallest absolute Gasteiger partial charge is 0.0847 e. The molecule has 4 heteroatoms. The van der Waals surface area contributed by atoms with Gasteiger partial charge in [-0.05, 0) is 39.7 Å². The van der Waals surface area contributed by atoms with Crippen LogP contribution in [0.25, 0.3) is 0 Å². The fourth-order valence-corrected chi connectivity index (χ4v) is 3.09. The number of nitrogens with two attached hydrogens (primary N) is 1. The van der Waals surface area contributed by atoms with Crippen LogP contribution in [0.1, 0.15) is 35.0 Å². The van der Waals surface area contributed by atoms with Gasteiger partial charge in [0.05, 0.1) is 16.4 Å². The van der Waals surface area contributed by atoms with Crippen LogP contribution in [0.2, 0.25) is 5.02 Å². The van der Waals surface area contributed by atoms with E-state index in [1.807, 2.05) is 11.6 Å². The summed E-state index contributed by atoms with van der Waals surface area (Å²) >= 11 is 6.35. The highest BCUT2D eigenvalue weighted by Crippen LogP contribution is 2.22. The highest BCUT2D eigenvalue weighted by atomic mass is 35.5. The lowest BCUT2D eigenvalue weighted by atomic mass is 9.99. The molecule has 0 amide bonds. The molecule has 0 bridgehead atoms. The molecule has 1 unspecified atom stereocenters. The molecule has 21 heavy (non-hydrogen) atoms. The normalized spacial score (nSPS) is 12.7. The molecule has 2 rings (SSSR count). The van der Waals surface area contributed by atoms with E-state index in [9.17, 15) is 0 Å². The highest BCUT2D eigenvalue weighted by Gasteiger charge is 2.16. The molecule has 0 fully saturated rings. The summed E-state index contributed by atoms with van der Waals surface area (Å²) in [6.07, 6.45) is 1.60. The van der Waals surface area contributed by atoms with E-state index in [4.69, 9.17) is 17.3 Å². The molecule has 0 aliphatic heterocycles. The molecule has 0 spiro atoms. The molecule has 1 aromatic heterocycles.